The lowest BCUT2D eigenvalue weighted by Gasteiger charge is -2.40. The van der Waals surface area contributed by atoms with E-state index in [1.807, 2.05) is 29.5 Å². The molecule has 1 atom stereocenters. The van der Waals surface area contributed by atoms with E-state index in [4.69, 9.17) is 0 Å². The number of benzene rings is 1. The van der Waals surface area contributed by atoms with Crippen LogP contribution in [-0.2, 0) is 7.05 Å². The van der Waals surface area contributed by atoms with Gasteiger partial charge in [-0.3, -0.25) is 4.79 Å². The third-order valence-electron chi connectivity index (χ3n) is 5.79. The molecule has 1 amide bonds. The van der Waals surface area contributed by atoms with Gasteiger partial charge in [-0.2, -0.15) is 0 Å². The monoisotopic (exact) mass is 380 g/mol. The average Bonchev–Trinajstić information content (AvgIpc) is 2.93. The fourth-order valence-corrected chi connectivity index (χ4v) is 4.37. The Morgan fingerprint density at radius 2 is 1.96 bits per heavy atom. The van der Waals surface area contributed by atoms with Crippen molar-refractivity contribution in [2.75, 3.05) is 24.5 Å². The maximum absolute atomic E-state index is 13.4. The Labute approximate surface area is 164 Å². The first kappa shape index (κ1) is 18.5. The fourth-order valence-electron chi connectivity index (χ4n) is 4.37. The summed E-state index contributed by atoms with van der Waals surface area (Å²) in [5, 5.41) is 1.13. The van der Waals surface area contributed by atoms with Crippen LogP contribution in [0.4, 0.5) is 10.2 Å². The Bertz CT molecular complexity index is 1040. The van der Waals surface area contributed by atoms with Gasteiger partial charge in [0.15, 0.2) is 0 Å². The van der Waals surface area contributed by atoms with E-state index in [2.05, 4.69) is 35.9 Å². The zero-order valence-electron chi connectivity index (χ0n) is 16.7. The van der Waals surface area contributed by atoms with Gasteiger partial charge >= 0.3 is 0 Å². The van der Waals surface area contributed by atoms with E-state index in [0.29, 0.717) is 19.6 Å². The first-order chi connectivity index (χ1) is 13.4. The molecule has 3 aromatic rings. The molecule has 1 fully saturated rings. The summed E-state index contributed by atoms with van der Waals surface area (Å²) in [5.74, 6) is 0.471. The van der Waals surface area contributed by atoms with Crippen molar-refractivity contribution < 1.29 is 9.18 Å². The molecule has 1 saturated heterocycles. The van der Waals surface area contributed by atoms with Gasteiger partial charge in [-0.15, -0.1) is 0 Å². The van der Waals surface area contributed by atoms with Crippen LogP contribution in [0.1, 0.15) is 28.5 Å². The minimum atomic E-state index is -0.341. The lowest BCUT2D eigenvalue weighted by molar-refractivity contribution is 0.0716. The van der Waals surface area contributed by atoms with Gasteiger partial charge in [0.1, 0.15) is 17.3 Å². The number of hydrogen-bond acceptors (Lipinski definition) is 3. The van der Waals surface area contributed by atoms with Crippen molar-refractivity contribution in [2.24, 2.45) is 7.05 Å². The van der Waals surface area contributed by atoms with Gasteiger partial charge in [0.05, 0.1) is 11.7 Å². The van der Waals surface area contributed by atoms with Crippen molar-refractivity contribution in [1.82, 2.24) is 14.5 Å². The lowest BCUT2D eigenvalue weighted by atomic mass is 10.1. The second kappa shape index (κ2) is 6.93. The zero-order valence-corrected chi connectivity index (χ0v) is 16.7. The summed E-state index contributed by atoms with van der Waals surface area (Å²) >= 11 is 0. The number of anilines is 1. The summed E-state index contributed by atoms with van der Waals surface area (Å²) in [6, 6.07) is 9.41. The first-order valence-corrected chi connectivity index (χ1v) is 9.60. The highest BCUT2D eigenvalue weighted by atomic mass is 19.1. The van der Waals surface area contributed by atoms with Crippen LogP contribution in [0.15, 0.2) is 36.5 Å². The largest absolute Gasteiger partial charge is 0.350 e. The molecule has 0 spiro atoms. The molecule has 28 heavy (non-hydrogen) atoms. The summed E-state index contributed by atoms with van der Waals surface area (Å²) in [5.41, 5.74) is 4.07. The number of halogens is 1. The van der Waals surface area contributed by atoms with Crippen LogP contribution >= 0.6 is 0 Å². The molecule has 0 bridgehead atoms. The molecule has 1 aliphatic heterocycles. The molecule has 0 N–H and O–H groups in total. The van der Waals surface area contributed by atoms with Gasteiger partial charge in [0.2, 0.25) is 0 Å². The van der Waals surface area contributed by atoms with Crippen molar-refractivity contribution in [1.29, 1.82) is 0 Å². The number of aryl methyl sites for hydroxylation is 3. The van der Waals surface area contributed by atoms with Gasteiger partial charge in [0.25, 0.3) is 5.91 Å². The highest BCUT2D eigenvalue weighted by molar-refractivity contribution is 6.02. The molecule has 1 aromatic carbocycles. The van der Waals surface area contributed by atoms with Crippen molar-refractivity contribution in [2.45, 2.75) is 26.8 Å². The van der Waals surface area contributed by atoms with E-state index in [1.54, 1.807) is 6.07 Å². The van der Waals surface area contributed by atoms with E-state index < -0.39 is 0 Å². The summed E-state index contributed by atoms with van der Waals surface area (Å²) < 4.78 is 15.2. The van der Waals surface area contributed by atoms with Crippen LogP contribution in [0, 0.1) is 19.7 Å². The van der Waals surface area contributed by atoms with Gasteiger partial charge in [-0.1, -0.05) is 18.2 Å². The fraction of sp³-hybridized carbons (Fsp3) is 0.364. The molecule has 2 aromatic heterocycles. The molecule has 146 valence electrons. The standard InChI is InChI=1S/C22H25FN4O/c1-14-6-5-7-18-16(3)21(25(4)20(14)18)22(28)26-10-11-27(15(2)13-26)19-9-8-17(23)12-24-19/h5-9,12,15H,10-11,13H2,1-4H3. The van der Waals surface area contributed by atoms with Crippen LogP contribution in [0.5, 0.6) is 0 Å². The van der Waals surface area contributed by atoms with Crippen molar-refractivity contribution in [3.05, 3.63) is 59.2 Å². The molecule has 1 aliphatic rings. The number of carbonyl (C=O) groups is 1. The molecule has 3 heterocycles. The maximum atomic E-state index is 13.4. The lowest BCUT2D eigenvalue weighted by Crippen LogP contribution is -2.54. The van der Waals surface area contributed by atoms with E-state index in [9.17, 15) is 9.18 Å². The molecule has 0 radical (unpaired) electrons. The highest BCUT2D eigenvalue weighted by Gasteiger charge is 2.30. The number of piperazine rings is 1. The van der Waals surface area contributed by atoms with E-state index >= 15 is 0 Å². The number of pyridine rings is 1. The topological polar surface area (TPSA) is 41.4 Å². The number of nitrogens with zero attached hydrogens (tertiary/aromatic N) is 4. The third-order valence-corrected chi connectivity index (χ3v) is 5.79. The normalized spacial score (nSPS) is 17.4. The van der Waals surface area contributed by atoms with Crippen LogP contribution in [0.2, 0.25) is 0 Å². The molecular formula is C22H25FN4O. The molecule has 0 saturated carbocycles. The van der Waals surface area contributed by atoms with Crippen LogP contribution in [0.3, 0.4) is 0 Å². The Kier molecular flexibility index (Phi) is 4.57. The van der Waals surface area contributed by atoms with Gasteiger partial charge in [-0.05, 0) is 44.0 Å². The molecule has 0 aliphatic carbocycles. The summed E-state index contributed by atoms with van der Waals surface area (Å²) in [7, 11) is 1.97. The minimum Gasteiger partial charge on any atom is -0.350 e. The predicted molar refractivity (Wildman–Crippen MR) is 109 cm³/mol. The number of para-hydroxylation sites is 1. The summed E-state index contributed by atoms with van der Waals surface area (Å²) in [6.45, 7) is 8.07. The zero-order chi connectivity index (χ0) is 20.0. The number of fused-ring (bicyclic) bond motifs is 1. The van der Waals surface area contributed by atoms with Crippen molar-refractivity contribution >= 4 is 22.6 Å². The minimum absolute atomic E-state index is 0.0640. The Morgan fingerprint density at radius 1 is 1.18 bits per heavy atom. The maximum Gasteiger partial charge on any atom is 0.270 e. The van der Waals surface area contributed by atoms with Gasteiger partial charge in [-0.25, -0.2) is 9.37 Å². The number of amides is 1. The number of hydrogen-bond donors (Lipinski definition) is 0. The Hall–Kier alpha value is -2.89. The average molecular weight is 380 g/mol. The molecular weight excluding hydrogens is 355 g/mol. The quantitative estimate of drug-likeness (QED) is 0.681. The first-order valence-electron chi connectivity index (χ1n) is 9.60. The predicted octanol–water partition coefficient (Wildman–Crippen LogP) is 3.68. The molecule has 1 unspecified atom stereocenters. The number of carbonyl (C=O) groups excluding carboxylic acids is 1. The van der Waals surface area contributed by atoms with Gasteiger partial charge < -0.3 is 14.4 Å². The molecule has 4 rings (SSSR count). The molecule has 5 nitrogen and oxygen atoms in total. The van der Waals surface area contributed by atoms with Crippen molar-refractivity contribution in [3.63, 3.8) is 0 Å². The number of rotatable bonds is 2. The van der Waals surface area contributed by atoms with Gasteiger partial charge in [0, 0.05) is 38.1 Å². The smallest absolute Gasteiger partial charge is 0.270 e. The third kappa shape index (κ3) is 2.93. The SMILES string of the molecule is Cc1c(C(=O)N2CCN(c3ccc(F)cn3)C(C)C2)n(C)c2c(C)cccc12. The van der Waals surface area contributed by atoms with E-state index in [1.165, 1.54) is 17.8 Å². The van der Waals surface area contributed by atoms with E-state index in [-0.39, 0.29) is 17.8 Å². The van der Waals surface area contributed by atoms with Crippen molar-refractivity contribution in [3.8, 4) is 0 Å². The van der Waals surface area contributed by atoms with Crippen LogP contribution in [0.25, 0.3) is 10.9 Å². The van der Waals surface area contributed by atoms with Crippen LogP contribution < -0.4 is 4.90 Å². The van der Waals surface area contributed by atoms with E-state index in [0.717, 1.165) is 28.0 Å². The second-order valence-electron chi connectivity index (χ2n) is 7.63. The summed E-state index contributed by atoms with van der Waals surface area (Å²) in [6.07, 6.45) is 1.24. The number of aromatic nitrogens is 2. The summed E-state index contributed by atoms with van der Waals surface area (Å²) in [4.78, 5) is 21.6. The Balaban J connectivity index is 1.60. The molecule has 6 heteroatoms. The van der Waals surface area contributed by atoms with Crippen LogP contribution in [-0.4, -0.2) is 46.0 Å². The second-order valence-corrected chi connectivity index (χ2v) is 7.63. The Morgan fingerprint density at radius 3 is 2.61 bits per heavy atom. The highest BCUT2D eigenvalue weighted by Crippen LogP contribution is 2.29.